The van der Waals surface area contributed by atoms with Gasteiger partial charge >= 0.3 is 6.03 Å². The molecule has 2 heterocycles. The minimum atomic E-state index is 0.0534. The van der Waals surface area contributed by atoms with Gasteiger partial charge in [-0.05, 0) is 31.0 Å². The second-order valence-corrected chi connectivity index (χ2v) is 5.85. The number of hydrogen-bond donors (Lipinski definition) is 1. The lowest BCUT2D eigenvalue weighted by molar-refractivity contribution is 0.186. The maximum atomic E-state index is 11.7. The van der Waals surface area contributed by atoms with E-state index < -0.39 is 0 Å². The Morgan fingerprint density at radius 1 is 1.29 bits per heavy atom. The van der Waals surface area contributed by atoms with Crippen LogP contribution in [-0.4, -0.2) is 43.2 Å². The molecule has 1 aromatic carbocycles. The number of nitriles is 1. The molecular weight excluding hydrogens is 288 g/mol. The number of benzene rings is 1. The van der Waals surface area contributed by atoms with Crippen molar-refractivity contribution in [3.8, 4) is 6.07 Å². The molecule has 0 atom stereocenters. The molecule has 1 N–H and O–H groups in total. The summed E-state index contributed by atoms with van der Waals surface area (Å²) in [6.07, 6.45) is 1.86. The third-order valence-electron chi connectivity index (χ3n) is 4.21. The summed E-state index contributed by atoms with van der Waals surface area (Å²) in [4.78, 5) is 15.8. The number of rotatable bonds is 2. The number of carbonyl (C=O) groups is 1. The Balaban J connectivity index is 1.69. The number of carbonyl (C=O) groups excluding carboxylic acids is 1. The molecule has 2 amide bonds. The zero-order valence-electron chi connectivity index (χ0n) is 11.7. The van der Waals surface area contributed by atoms with Gasteiger partial charge < -0.3 is 15.1 Å². The second-order valence-electron chi connectivity index (χ2n) is 5.42. The maximum absolute atomic E-state index is 11.7. The van der Waals surface area contributed by atoms with Crippen molar-refractivity contribution in [1.82, 2.24) is 10.2 Å². The van der Waals surface area contributed by atoms with Gasteiger partial charge in [0.05, 0.1) is 11.3 Å². The van der Waals surface area contributed by atoms with Crippen molar-refractivity contribution in [2.75, 3.05) is 31.1 Å². The lowest BCUT2D eigenvalue weighted by Gasteiger charge is -2.37. The van der Waals surface area contributed by atoms with Crippen LogP contribution < -0.4 is 10.2 Å². The second kappa shape index (κ2) is 5.82. The zero-order chi connectivity index (χ0) is 14.8. The Labute approximate surface area is 129 Å². The van der Waals surface area contributed by atoms with Gasteiger partial charge in [-0.2, -0.15) is 5.26 Å². The van der Waals surface area contributed by atoms with Gasteiger partial charge in [0.15, 0.2) is 0 Å². The molecule has 2 fully saturated rings. The summed E-state index contributed by atoms with van der Waals surface area (Å²) in [5.41, 5.74) is 1.55. The van der Waals surface area contributed by atoms with Crippen molar-refractivity contribution in [3.05, 3.63) is 28.8 Å². The molecule has 0 saturated carbocycles. The largest absolute Gasteiger partial charge is 0.370 e. The van der Waals surface area contributed by atoms with Crippen LogP contribution in [-0.2, 0) is 0 Å². The SMILES string of the molecule is N#Cc1cc(Cl)ccc1N1CCC(N2CCNC2=O)CC1. The molecular formula is C15H17ClN4O. The average Bonchev–Trinajstić information content (AvgIpc) is 2.93. The molecule has 2 aliphatic rings. The van der Waals surface area contributed by atoms with Crippen molar-refractivity contribution in [2.45, 2.75) is 18.9 Å². The van der Waals surface area contributed by atoms with E-state index in [1.54, 1.807) is 6.07 Å². The minimum absolute atomic E-state index is 0.0534. The number of halogens is 1. The first-order valence-corrected chi connectivity index (χ1v) is 7.56. The van der Waals surface area contributed by atoms with Crippen LogP contribution in [0.5, 0.6) is 0 Å². The molecule has 6 heteroatoms. The van der Waals surface area contributed by atoms with Gasteiger partial charge in [-0.1, -0.05) is 11.6 Å². The highest BCUT2D eigenvalue weighted by atomic mass is 35.5. The van der Waals surface area contributed by atoms with E-state index in [2.05, 4.69) is 16.3 Å². The van der Waals surface area contributed by atoms with E-state index in [4.69, 9.17) is 11.6 Å². The first-order chi connectivity index (χ1) is 10.2. The van der Waals surface area contributed by atoms with Crippen LogP contribution in [0.15, 0.2) is 18.2 Å². The molecule has 3 rings (SSSR count). The monoisotopic (exact) mass is 304 g/mol. The molecule has 5 nitrogen and oxygen atoms in total. The van der Waals surface area contributed by atoms with E-state index in [0.29, 0.717) is 16.6 Å². The van der Waals surface area contributed by atoms with E-state index in [9.17, 15) is 10.1 Å². The van der Waals surface area contributed by atoms with Crippen LogP contribution in [0.4, 0.5) is 10.5 Å². The number of amides is 2. The molecule has 21 heavy (non-hydrogen) atoms. The lowest BCUT2D eigenvalue weighted by Crippen LogP contribution is -2.46. The number of hydrogen-bond acceptors (Lipinski definition) is 3. The molecule has 0 aliphatic carbocycles. The van der Waals surface area contributed by atoms with E-state index in [1.807, 2.05) is 17.0 Å². The number of anilines is 1. The van der Waals surface area contributed by atoms with Crippen molar-refractivity contribution >= 4 is 23.3 Å². The standard InChI is InChI=1S/C15H17ClN4O/c16-12-1-2-14(11(9-12)10-17)19-6-3-13(4-7-19)20-8-5-18-15(20)21/h1-2,9,13H,3-8H2,(H,18,21). The number of piperidine rings is 1. The topological polar surface area (TPSA) is 59.4 Å². The van der Waals surface area contributed by atoms with Gasteiger partial charge in [0.1, 0.15) is 6.07 Å². The summed E-state index contributed by atoms with van der Waals surface area (Å²) >= 11 is 5.94. The summed E-state index contributed by atoms with van der Waals surface area (Å²) in [6.45, 7) is 3.25. The van der Waals surface area contributed by atoms with Crippen molar-refractivity contribution in [1.29, 1.82) is 5.26 Å². The summed E-state index contributed by atoms with van der Waals surface area (Å²) in [6, 6.07) is 8.00. The van der Waals surface area contributed by atoms with Crippen LogP contribution in [0, 0.1) is 11.3 Å². The Kier molecular flexibility index (Phi) is 3.89. The highest BCUT2D eigenvalue weighted by Gasteiger charge is 2.31. The summed E-state index contributed by atoms with van der Waals surface area (Å²) in [5, 5.41) is 12.7. The van der Waals surface area contributed by atoms with E-state index in [1.165, 1.54) is 0 Å². The van der Waals surface area contributed by atoms with Gasteiger partial charge in [-0.25, -0.2) is 4.79 Å². The van der Waals surface area contributed by atoms with Gasteiger partial charge in [0.2, 0.25) is 0 Å². The molecule has 0 aromatic heterocycles. The molecule has 2 saturated heterocycles. The predicted molar refractivity (Wildman–Crippen MR) is 81.5 cm³/mol. The molecule has 1 aromatic rings. The van der Waals surface area contributed by atoms with Crippen molar-refractivity contribution < 1.29 is 4.79 Å². The van der Waals surface area contributed by atoms with Gasteiger partial charge in [0, 0.05) is 37.2 Å². The quantitative estimate of drug-likeness (QED) is 0.911. The maximum Gasteiger partial charge on any atom is 0.317 e. The van der Waals surface area contributed by atoms with Crippen LogP contribution in [0.2, 0.25) is 5.02 Å². The Morgan fingerprint density at radius 3 is 2.67 bits per heavy atom. The lowest BCUT2D eigenvalue weighted by atomic mass is 10.0. The average molecular weight is 305 g/mol. The highest BCUT2D eigenvalue weighted by Crippen LogP contribution is 2.28. The summed E-state index contributed by atoms with van der Waals surface area (Å²) in [5.74, 6) is 0. The summed E-state index contributed by atoms with van der Waals surface area (Å²) in [7, 11) is 0. The highest BCUT2D eigenvalue weighted by molar-refractivity contribution is 6.30. The number of urea groups is 1. The Morgan fingerprint density at radius 2 is 2.05 bits per heavy atom. The van der Waals surface area contributed by atoms with Crippen LogP contribution in [0.3, 0.4) is 0 Å². The van der Waals surface area contributed by atoms with E-state index in [0.717, 1.165) is 44.7 Å². The van der Waals surface area contributed by atoms with E-state index in [-0.39, 0.29) is 6.03 Å². The molecule has 0 bridgehead atoms. The third-order valence-corrected chi connectivity index (χ3v) is 4.45. The predicted octanol–water partition coefficient (Wildman–Crippen LogP) is 2.21. The molecule has 110 valence electrons. The molecule has 0 spiro atoms. The van der Waals surface area contributed by atoms with Gasteiger partial charge in [0.25, 0.3) is 0 Å². The van der Waals surface area contributed by atoms with Gasteiger partial charge in [-0.15, -0.1) is 0 Å². The number of nitrogens with one attached hydrogen (secondary N) is 1. The minimum Gasteiger partial charge on any atom is -0.370 e. The Bertz CT molecular complexity index is 590. The van der Waals surface area contributed by atoms with E-state index >= 15 is 0 Å². The van der Waals surface area contributed by atoms with Crippen molar-refractivity contribution in [2.24, 2.45) is 0 Å². The fraction of sp³-hybridized carbons (Fsp3) is 0.467. The van der Waals surface area contributed by atoms with Gasteiger partial charge in [-0.3, -0.25) is 0 Å². The fourth-order valence-corrected chi connectivity index (χ4v) is 3.30. The third kappa shape index (κ3) is 2.77. The van der Waals surface area contributed by atoms with Crippen LogP contribution in [0.1, 0.15) is 18.4 Å². The van der Waals surface area contributed by atoms with Crippen molar-refractivity contribution in [3.63, 3.8) is 0 Å². The Hall–Kier alpha value is -1.93. The summed E-state index contributed by atoms with van der Waals surface area (Å²) < 4.78 is 0. The molecule has 0 unspecified atom stereocenters. The molecule has 0 radical (unpaired) electrons. The zero-order valence-corrected chi connectivity index (χ0v) is 12.4. The first-order valence-electron chi connectivity index (χ1n) is 7.18. The number of nitrogens with zero attached hydrogens (tertiary/aromatic N) is 3. The first kappa shape index (κ1) is 14.0. The van der Waals surface area contributed by atoms with Crippen LogP contribution in [0.25, 0.3) is 0 Å². The van der Waals surface area contributed by atoms with Crippen LogP contribution >= 0.6 is 11.6 Å². The fourth-order valence-electron chi connectivity index (χ4n) is 3.13. The normalized spacial score (nSPS) is 19.5. The smallest absolute Gasteiger partial charge is 0.317 e. The molecule has 2 aliphatic heterocycles.